The van der Waals surface area contributed by atoms with Gasteiger partial charge in [0.15, 0.2) is 0 Å². The molecule has 0 radical (unpaired) electrons. The molecule has 0 bridgehead atoms. The van der Waals surface area contributed by atoms with E-state index in [1.54, 1.807) is 0 Å². The number of amides is 1. The Morgan fingerprint density at radius 2 is 2.33 bits per heavy atom. The number of halogens is 2. The molecule has 18 heavy (non-hydrogen) atoms. The summed E-state index contributed by atoms with van der Waals surface area (Å²) in [5.41, 5.74) is 5.96. The molecule has 1 unspecified atom stereocenters. The van der Waals surface area contributed by atoms with Crippen LogP contribution in [-0.4, -0.2) is 23.9 Å². The van der Waals surface area contributed by atoms with Crippen LogP contribution in [0.15, 0.2) is 16.6 Å². The van der Waals surface area contributed by atoms with Gasteiger partial charge >= 0.3 is 0 Å². The summed E-state index contributed by atoms with van der Waals surface area (Å²) >= 11 is 3.22. The van der Waals surface area contributed by atoms with Gasteiger partial charge in [-0.05, 0) is 40.4 Å². The zero-order valence-corrected chi connectivity index (χ0v) is 11.8. The Labute approximate surface area is 114 Å². The average molecular weight is 315 g/mol. The SMILES string of the molecule is CCC1CCN(C(=O)c2cc(N)c(F)cc2Br)C1. The smallest absolute Gasteiger partial charge is 0.255 e. The molecular formula is C13H16BrFN2O. The van der Waals surface area contributed by atoms with E-state index in [0.717, 1.165) is 25.9 Å². The van der Waals surface area contributed by atoms with Crippen molar-refractivity contribution >= 4 is 27.5 Å². The van der Waals surface area contributed by atoms with Gasteiger partial charge in [-0.3, -0.25) is 4.79 Å². The van der Waals surface area contributed by atoms with E-state index in [0.29, 0.717) is 16.0 Å². The molecule has 1 amide bonds. The van der Waals surface area contributed by atoms with Crippen molar-refractivity contribution in [1.29, 1.82) is 0 Å². The number of rotatable bonds is 2. The Bertz CT molecular complexity index is 478. The molecule has 2 N–H and O–H groups in total. The summed E-state index contributed by atoms with van der Waals surface area (Å²) in [6.07, 6.45) is 2.12. The first-order valence-corrected chi connectivity index (χ1v) is 6.86. The highest BCUT2D eigenvalue weighted by atomic mass is 79.9. The molecular weight excluding hydrogens is 299 g/mol. The van der Waals surface area contributed by atoms with Crippen LogP contribution in [0.1, 0.15) is 30.1 Å². The van der Waals surface area contributed by atoms with Crippen LogP contribution in [0.2, 0.25) is 0 Å². The van der Waals surface area contributed by atoms with Crippen molar-refractivity contribution in [2.24, 2.45) is 5.92 Å². The summed E-state index contributed by atoms with van der Waals surface area (Å²) < 4.78 is 13.7. The number of hydrogen-bond acceptors (Lipinski definition) is 2. The van der Waals surface area contributed by atoms with Gasteiger partial charge < -0.3 is 10.6 Å². The zero-order chi connectivity index (χ0) is 13.3. The maximum atomic E-state index is 13.2. The Morgan fingerprint density at radius 3 is 2.94 bits per heavy atom. The topological polar surface area (TPSA) is 46.3 Å². The Kier molecular flexibility index (Phi) is 3.90. The van der Waals surface area contributed by atoms with Gasteiger partial charge in [0, 0.05) is 17.6 Å². The number of benzene rings is 1. The molecule has 1 atom stereocenters. The number of nitrogen functional groups attached to an aromatic ring is 1. The molecule has 1 heterocycles. The van der Waals surface area contributed by atoms with Crippen LogP contribution in [0.4, 0.5) is 10.1 Å². The van der Waals surface area contributed by atoms with E-state index in [-0.39, 0.29) is 11.6 Å². The minimum Gasteiger partial charge on any atom is -0.396 e. The predicted octanol–water partition coefficient (Wildman–Crippen LogP) is 3.04. The van der Waals surface area contributed by atoms with E-state index in [1.165, 1.54) is 12.1 Å². The van der Waals surface area contributed by atoms with Crippen LogP contribution in [0.25, 0.3) is 0 Å². The number of carbonyl (C=O) groups excluding carboxylic acids is 1. The first-order valence-electron chi connectivity index (χ1n) is 6.06. The van der Waals surface area contributed by atoms with Crippen molar-refractivity contribution in [1.82, 2.24) is 4.90 Å². The van der Waals surface area contributed by atoms with Crippen LogP contribution in [0, 0.1) is 11.7 Å². The molecule has 1 aliphatic heterocycles. The van der Waals surface area contributed by atoms with Crippen molar-refractivity contribution < 1.29 is 9.18 Å². The van der Waals surface area contributed by atoms with E-state index in [9.17, 15) is 9.18 Å². The van der Waals surface area contributed by atoms with Gasteiger partial charge in [-0.25, -0.2) is 4.39 Å². The Morgan fingerprint density at radius 1 is 1.61 bits per heavy atom. The fourth-order valence-electron chi connectivity index (χ4n) is 2.25. The maximum absolute atomic E-state index is 13.2. The van der Waals surface area contributed by atoms with Crippen LogP contribution in [-0.2, 0) is 0 Å². The third-order valence-corrected chi connectivity index (χ3v) is 4.12. The molecule has 0 spiro atoms. The van der Waals surface area contributed by atoms with Crippen LogP contribution in [0.3, 0.4) is 0 Å². The highest BCUT2D eigenvalue weighted by Gasteiger charge is 2.27. The predicted molar refractivity (Wildman–Crippen MR) is 72.8 cm³/mol. The maximum Gasteiger partial charge on any atom is 0.255 e. The highest BCUT2D eigenvalue weighted by molar-refractivity contribution is 9.10. The molecule has 2 rings (SSSR count). The average Bonchev–Trinajstić information content (AvgIpc) is 2.81. The minimum atomic E-state index is -0.508. The third kappa shape index (κ3) is 2.51. The number of nitrogens with zero attached hydrogens (tertiary/aromatic N) is 1. The largest absolute Gasteiger partial charge is 0.396 e. The van der Waals surface area contributed by atoms with Crippen molar-refractivity contribution in [3.8, 4) is 0 Å². The molecule has 1 aromatic carbocycles. The molecule has 3 nitrogen and oxygen atoms in total. The first-order chi connectivity index (χ1) is 8.52. The second-order valence-corrected chi connectivity index (χ2v) is 5.52. The summed E-state index contributed by atoms with van der Waals surface area (Å²) in [6, 6.07) is 2.65. The zero-order valence-electron chi connectivity index (χ0n) is 10.2. The lowest BCUT2D eigenvalue weighted by Crippen LogP contribution is -2.29. The lowest BCUT2D eigenvalue weighted by molar-refractivity contribution is 0.0786. The number of likely N-dealkylation sites (tertiary alicyclic amines) is 1. The van der Waals surface area contributed by atoms with E-state index in [4.69, 9.17) is 5.73 Å². The number of carbonyl (C=O) groups is 1. The minimum absolute atomic E-state index is 0.00721. The summed E-state index contributed by atoms with van der Waals surface area (Å²) in [5.74, 6) is -0.0127. The van der Waals surface area contributed by atoms with Gasteiger partial charge in [0.05, 0.1) is 11.3 Å². The molecule has 0 aromatic heterocycles. The quantitative estimate of drug-likeness (QED) is 0.853. The second-order valence-electron chi connectivity index (χ2n) is 4.67. The number of anilines is 1. The summed E-state index contributed by atoms with van der Waals surface area (Å²) in [4.78, 5) is 14.1. The van der Waals surface area contributed by atoms with Crippen molar-refractivity contribution in [3.63, 3.8) is 0 Å². The molecule has 1 aromatic rings. The van der Waals surface area contributed by atoms with E-state index < -0.39 is 5.82 Å². The molecule has 0 saturated carbocycles. The fraction of sp³-hybridized carbons (Fsp3) is 0.462. The van der Waals surface area contributed by atoms with Gasteiger partial charge in [0.1, 0.15) is 5.82 Å². The number of nitrogens with two attached hydrogens (primary N) is 1. The van der Waals surface area contributed by atoms with E-state index in [2.05, 4.69) is 22.9 Å². The Balaban J connectivity index is 2.22. The Hall–Kier alpha value is -1.10. The monoisotopic (exact) mass is 314 g/mol. The standard InChI is InChI=1S/C13H16BrFN2O/c1-2-8-3-4-17(7-8)13(18)9-5-12(16)11(15)6-10(9)14/h5-6,8H,2-4,7,16H2,1H3. The van der Waals surface area contributed by atoms with Gasteiger partial charge in [-0.15, -0.1) is 0 Å². The van der Waals surface area contributed by atoms with Crippen molar-refractivity contribution in [2.75, 3.05) is 18.8 Å². The molecule has 0 aliphatic carbocycles. The lowest BCUT2D eigenvalue weighted by atomic mass is 10.1. The highest BCUT2D eigenvalue weighted by Crippen LogP contribution is 2.27. The first kappa shape index (κ1) is 13.3. The molecule has 98 valence electrons. The molecule has 1 saturated heterocycles. The van der Waals surface area contributed by atoms with Crippen molar-refractivity contribution in [3.05, 3.63) is 28.0 Å². The normalized spacial score (nSPS) is 19.3. The van der Waals surface area contributed by atoms with Crippen LogP contribution < -0.4 is 5.73 Å². The summed E-state index contributed by atoms with van der Waals surface area (Å²) in [5, 5.41) is 0. The summed E-state index contributed by atoms with van der Waals surface area (Å²) in [6.45, 7) is 3.67. The van der Waals surface area contributed by atoms with Gasteiger partial charge in [-0.1, -0.05) is 13.3 Å². The van der Waals surface area contributed by atoms with Gasteiger partial charge in [-0.2, -0.15) is 0 Å². The lowest BCUT2D eigenvalue weighted by Gasteiger charge is -2.17. The number of hydrogen-bond donors (Lipinski definition) is 1. The van der Waals surface area contributed by atoms with Gasteiger partial charge in [0.2, 0.25) is 0 Å². The van der Waals surface area contributed by atoms with Crippen LogP contribution >= 0.6 is 15.9 Å². The van der Waals surface area contributed by atoms with Crippen LogP contribution in [0.5, 0.6) is 0 Å². The third-order valence-electron chi connectivity index (χ3n) is 3.47. The second kappa shape index (κ2) is 5.26. The molecule has 5 heteroatoms. The van der Waals surface area contributed by atoms with Crippen molar-refractivity contribution in [2.45, 2.75) is 19.8 Å². The van der Waals surface area contributed by atoms with E-state index >= 15 is 0 Å². The molecule has 1 aliphatic rings. The fourth-order valence-corrected chi connectivity index (χ4v) is 2.74. The summed E-state index contributed by atoms with van der Waals surface area (Å²) in [7, 11) is 0. The molecule has 1 fully saturated rings. The van der Waals surface area contributed by atoms with Gasteiger partial charge in [0.25, 0.3) is 5.91 Å². The van der Waals surface area contributed by atoms with E-state index in [1.807, 2.05) is 4.90 Å².